The Morgan fingerprint density at radius 1 is 1.00 bits per heavy atom. The van der Waals surface area contributed by atoms with Gasteiger partial charge in [0.05, 0.1) is 22.7 Å². The number of nitro groups is 1. The van der Waals surface area contributed by atoms with Crippen molar-refractivity contribution >= 4 is 17.5 Å². The zero-order chi connectivity index (χ0) is 23.7. The lowest BCUT2D eigenvalue weighted by Crippen LogP contribution is -2.37. The molecule has 3 aromatic rings. The molecule has 2 aliphatic rings. The Morgan fingerprint density at radius 2 is 1.71 bits per heavy atom. The molecule has 0 bridgehead atoms. The number of hydrogen-bond acceptors (Lipinski definition) is 7. The van der Waals surface area contributed by atoms with Crippen LogP contribution < -0.4 is 9.64 Å². The second-order valence-electron chi connectivity index (χ2n) is 8.64. The Balaban J connectivity index is 1.45. The predicted molar refractivity (Wildman–Crippen MR) is 126 cm³/mol. The van der Waals surface area contributed by atoms with Crippen molar-refractivity contribution in [2.75, 3.05) is 24.5 Å². The topological polar surface area (TPSA) is 102 Å². The highest BCUT2D eigenvalue weighted by Gasteiger charge is 2.29. The van der Waals surface area contributed by atoms with Gasteiger partial charge in [-0.3, -0.25) is 14.9 Å². The van der Waals surface area contributed by atoms with E-state index in [1.165, 1.54) is 24.3 Å². The molecule has 0 unspecified atom stereocenters. The van der Waals surface area contributed by atoms with Crippen molar-refractivity contribution in [3.8, 4) is 11.6 Å². The summed E-state index contributed by atoms with van der Waals surface area (Å²) in [7, 11) is 0. The molecule has 9 nitrogen and oxygen atoms in total. The minimum absolute atomic E-state index is 0.0443. The number of ether oxygens (including phenoxy) is 1. The second-order valence-corrected chi connectivity index (χ2v) is 8.64. The van der Waals surface area contributed by atoms with Gasteiger partial charge >= 0.3 is 0 Å². The van der Waals surface area contributed by atoms with Crippen molar-refractivity contribution < 1.29 is 14.5 Å². The number of anilines is 1. The third kappa shape index (κ3) is 4.41. The highest BCUT2D eigenvalue weighted by atomic mass is 16.6. The molecule has 0 atom stereocenters. The van der Waals surface area contributed by atoms with Crippen LogP contribution >= 0.6 is 0 Å². The summed E-state index contributed by atoms with van der Waals surface area (Å²) in [6.07, 6.45) is 2.82. The molecule has 0 radical (unpaired) electrons. The number of fused-ring (bicyclic) bond motifs is 1. The summed E-state index contributed by atoms with van der Waals surface area (Å²) in [5, 5.41) is 10.9. The first-order chi connectivity index (χ1) is 16.5. The molecule has 34 heavy (non-hydrogen) atoms. The van der Waals surface area contributed by atoms with Gasteiger partial charge in [0.1, 0.15) is 5.75 Å². The fourth-order valence-electron chi connectivity index (χ4n) is 4.31. The molecule has 0 saturated carbocycles. The molecule has 0 spiro atoms. The highest BCUT2D eigenvalue weighted by molar-refractivity contribution is 5.94. The van der Waals surface area contributed by atoms with Crippen LogP contribution in [0.2, 0.25) is 0 Å². The van der Waals surface area contributed by atoms with Crippen molar-refractivity contribution in [3.05, 3.63) is 81.0 Å². The zero-order valence-corrected chi connectivity index (χ0v) is 18.9. The van der Waals surface area contributed by atoms with Crippen molar-refractivity contribution in [1.82, 2.24) is 14.9 Å². The van der Waals surface area contributed by atoms with Gasteiger partial charge in [-0.05, 0) is 44.0 Å². The second kappa shape index (κ2) is 9.09. The van der Waals surface area contributed by atoms with Crippen molar-refractivity contribution in [2.24, 2.45) is 0 Å². The first-order valence-electron chi connectivity index (χ1n) is 11.4. The van der Waals surface area contributed by atoms with E-state index in [1.807, 2.05) is 31.2 Å². The number of carbonyl (C=O) groups is 1. The lowest BCUT2D eigenvalue weighted by atomic mass is 10.0. The van der Waals surface area contributed by atoms with Gasteiger partial charge in [0.25, 0.3) is 11.6 Å². The fraction of sp³-hybridized carbons (Fsp3) is 0.320. The molecular formula is C25H25N5O4. The number of nitro benzene ring substituents is 1. The van der Waals surface area contributed by atoms with E-state index < -0.39 is 4.92 Å². The van der Waals surface area contributed by atoms with Crippen LogP contribution in [0.3, 0.4) is 0 Å². The van der Waals surface area contributed by atoms with E-state index in [1.54, 1.807) is 4.90 Å². The minimum Gasteiger partial charge on any atom is -0.438 e. The number of hydrogen-bond donors (Lipinski definition) is 0. The molecule has 9 heteroatoms. The van der Waals surface area contributed by atoms with E-state index in [0.717, 1.165) is 42.8 Å². The maximum Gasteiger partial charge on any atom is 0.269 e. The first kappa shape index (κ1) is 21.8. The Morgan fingerprint density at radius 3 is 2.38 bits per heavy atom. The molecule has 174 valence electrons. The maximum absolute atomic E-state index is 13.1. The van der Waals surface area contributed by atoms with Crippen LogP contribution in [0.5, 0.6) is 11.6 Å². The SMILES string of the molecule is Cc1ccc(Oc2nc(N3CCCC3)nc3c2CN(C(=O)c2ccc([N+](=O)[O-])cc2)CC3)cc1. The first-order valence-corrected chi connectivity index (χ1v) is 11.4. The summed E-state index contributed by atoms with van der Waals surface area (Å²) in [5.41, 5.74) is 3.19. The third-order valence-corrected chi connectivity index (χ3v) is 6.25. The molecule has 5 rings (SSSR count). The number of amides is 1. The lowest BCUT2D eigenvalue weighted by Gasteiger charge is -2.30. The van der Waals surface area contributed by atoms with E-state index in [9.17, 15) is 14.9 Å². The third-order valence-electron chi connectivity index (χ3n) is 6.25. The van der Waals surface area contributed by atoms with Gasteiger partial charge in [0.15, 0.2) is 0 Å². The van der Waals surface area contributed by atoms with Crippen LogP contribution in [0.4, 0.5) is 11.6 Å². The van der Waals surface area contributed by atoms with E-state index in [4.69, 9.17) is 14.7 Å². The summed E-state index contributed by atoms with van der Waals surface area (Å²) in [4.78, 5) is 37.1. The van der Waals surface area contributed by atoms with Gasteiger partial charge in [-0.15, -0.1) is 0 Å². The number of aromatic nitrogens is 2. The van der Waals surface area contributed by atoms with Gasteiger partial charge in [0, 0.05) is 43.8 Å². The normalized spacial score (nSPS) is 15.2. The molecule has 1 fully saturated rings. The van der Waals surface area contributed by atoms with Gasteiger partial charge in [0.2, 0.25) is 11.8 Å². The van der Waals surface area contributed by atoms with Crippen LogP contribution in [0, 0.1) is 17.0 Å². The van der Waals surface area contributed by atoms with Crippen LogP contribution in [-0.4, -0.2) is 45.3 Å². The molecule has 0 N–H and O–H groups in total. The van der Waals surface area contributed by atoms with Crippen molar-refractivity contribution in [2.45, 2.75) is 32.7 Å². The number of carbonyl (C=O) groups excluding carboxylic acids is 1. The number of rotatable bonds is 5. The minimum atomic E-state index is -0.477. The summed E-state index contributed by atoms with van der Waals surface area (Å²) in [6, 6.07) is 13.5. The predicted octanol–water partition coefficient (Wildman–Crippen LogP) is 4.28. The van der Waals surface area contributed by atoms with E-state index >= 15 is 0 Å². The largest absolute Gasteiger partial charge is 0.438 e. The number of nitrogens with zero attached hydrogens (tertiary/aromatic N) is 5. The Hall–Kier alpha value is -4.01. The molecule has 2 aliphatic heterocycles. The summed E-state index contributed by atoms with van der Waals surface area (Å²) in [6.45, 7) is 4.68. The molecule has 1 amide bonds. The quantitative estimate of drug-likeness (QED) is 0.414. The molecule has 3 heterocycles. The summed E-state index contributed by atoms with van der Waals surface area (Å²) >= 11 is 0. The number of aryl methyl sites for hydroxylation is 1. The Kier molecular flexibility index (Phi) is 5.83. The molecule has 1 aromatic heterocycles. The summed E-state index contributed by atoms with van der Waals surface area (Å²) in [5.74, 6) is 1.63. The van der Waals surface area contributed by atoms with Crippen LogP contribution in [0.1, 0.15) is 40.0 Å². The fourth-order valence-corrected chi connectivity index (χ4v) is 4.31. The van der Waals surface area contributed by atoms with Gasteiger partial charge in [-0.2, -0.15) is 4.98 Å². The smallest absolute Gasteiger partial charge is 0.269 e. The van der Waals surface area contributed by atoms with Crippen LogP contribution in [0.25, 0.3) is 0 Å². The molecule has 2 aromatic carbocycles. The Labute approximate surface area is 197 Å². The monoisotopic (exact) mass is 459 g/mol. The van der Waals surface area contributed by atoms with Gasteiger partial charge in [-0.25, -0.2) is 4.98 Å². The lowest BCUT2D eigenvalue weighted by molar-refractivity contribution is -0.384. The van der Waals surface area contributed by atoms with Gasteiger partial charge in [-0.1, -0.05) is 17.7 Å². The summed E-state index contributed by atoms with van der Waals surface area (Å²) < 4.78 is 6.22. The van der Waals surface area contributed by atoms with Crippen molar-refractivity contribution in [1.29, 1.82) is 0 Å². The standard InChI is InChI=1S/C25H25N5O4/c1-17-4-10-20(11-5-17)34-23-21-16-29(24(31)18-6-8-19(9-7-18)30(32)33)15-12-22(21)26-25(27-23)28-13-2-3-14-28/h4-11H,2-3,12-16H2,1H3. The average molecular weight is 460 g/mol. The van der Waals surface area contributed by atoms with Gasteiger partial charge < -0.3 is 14.5 Å². The van der Waals surface area contributed by atoms with E-state index in [0.29, 0.717) is 42.7 Å². The molecule has 0 aliphatic carbocycles. The number of benzene rings is 2. The molecular weight excluding hydrogens is 434 g/mol. The van der Waals surface area contributed by atoms with Crippen LogP contribution in [-0.2, 0) is 13.0 Å². The van der Waals surface area contributed by atoms with Crippen LogP contribution in [0.15, 0.2) is 48.5 Å². The highest BCUT2D eigenvalue weighted by Crippen LogP contribution is 2.33. The maximum atomic E-state index is 13.1. The van der Waals surface area contributed by atoms with E-state index in [-0.39, 0.29) is 11.6 Å². The molecule has 1 saturated heterocycles. The zero-order valence-electron chi connectivity index (χ0n) is 18.9. The van der Waals surface area contributed by atoms with E-state index in [2.05, 4.69) is 4.90 Å². The number of non-ortho nitro benzene ring substituents is 1. The van der Waals surface area contributed by atoms with Crippen molar-refractivity contribution in [3.63, 3.8) is 0 Å². The average Bonchev–Trinajstić information content (AvgIpc) is 3.40. The Bertz CT molecular complexity index is 1220.